The van der Waals surface area contributed by atoms with Crippen LogP contribution in [-0.4, -0.2) is 11.4 Å². The largest absolute Gasteiger partial charge is 0.344 e. The van der Waals surface area contributed by atoms with E-state index in [1.807, 2.05) is 0 Å². The van der Waals surface area contributed by atoms with Crippen LogP contribution in [0.25, 0.3) is 0 Å². The Hall–Kier alpha value is -0.120. The average molecular weight is 93.1 g/mol. The molecule has 0 aromatic heterocycles. The van der Waals surface area contributed by atoms with E-state index in [4.69, 9.17) is 5.26 Å². The maximum absolute atomic E-state index is 7.64. The first-order valence-corrected chi connectivity index (χ1v) is 1.57. The van der Waals surface area contributed by atoms with Crippen LogP contribution >= 0.6 is 0 Å². The molecule has 0 rings (SSSR count). The van der Waals surface area contributed by atoms with Gasteiger partial charge in [-0.3, -0.25) is 5.26 Å². The lowest BCUT2D eigenvalue weighted by atomic mass is 10.5. The average Bonchev–Trinajstić information content (AvgIpc) is 1.38. The van der Waals surface area contributed by atoms with Crippen LogP contribution in [0.15, 0.2) is 0 Å². The summed E-state index contributed by atoms with van der Waals surface area (Å²) >= 11 is 0. The van der Waals surface area contributed by atoms with Gasteiger partial charge in [-0.2, -0.15) is 0 Å². The van der Waals surface area contributed by atoms with Crippen molar-refractivity contribution in [2.45, 2.75) is 20.0 Å². The molecule has 0 fully saturated rings. The monoisotopic (exact) mass is 93.1 g/mol. The summed E-state index contributed by atoms with van der Waals surface area (Å²) in [7, 11) is 0. The zero-order valence-electron chi connectivity index (χ0n) is 4.14. The Bertz CT molecular complexity index is 22.8. The molecule has 6 heavy (non-hydrogen) atoms. The molecule has 0 aliphatic heterocycles. The molecule has 0 amide bonds. The second-order valence-electron chi connectivity index (χ2n) is 1.15. The first-order valence-electron chi connectivity index (χ1n) is 1.57. The van der Waals surface area contributed by atoms with Crippen LogP contribution in [-0.2, 0) is 4.89 Å². The zero-order chi connectivity index (χ0) is 4.28. The van der Waals surface area contributed by atoms with Gasteiger partial charge in [0.1, 0.15) is 0 Å². The molecule has 0 saturated carbocycles. The summed E-state index contributed by atoms with van der Waals surface area (Å²) in [6.07, 6.45) is -0.0602. The number of hydrogen-bond acceptors (Lipinski definition) is 3. The van der Waals surface area contributed by atoms with Gasteiger partial charge in [0.15, 0.2) is 0 Å². The second-order valence-corrected chi connectivity index (χ2v) is 1.15. The summed E-state index contributed by atoms with van der Waals surface area (Å²) in [5, 5.41) is 7.64. The molecular weight excluding hydrogens is 82.0 g/mol. The fraction of sp³-hybridized carbons (Fsp3) is 1.00. The highest BCUT2D eigenvalue weighted by atomic mass is 17.1. The standard InChI is InChI=1S/C3H8O2.H3N/c1-3(2)5-4;/h3-4H,1-2H3;1H3. The zero-order valence-corrected chi connectivity index (χ0v) is 4.14. The topological polar surface area (TPSA) is 64.5 Å². The lowest BCUT2D eigenvalue weighted by Gasteiger charge is -1.91. The van der Waals surface area contributed by atoms with E-state index in [1.165, 1.54) is 0 Å². The van der Waals surface area contributed by atoms with Crippen LogP contribution in [0, 0.1) is 0 Å². The van der Waals surface area contributed by atoms with Crippen molar-refractivity contribution in [1.82, 2.24) is 6.15 Å². The SMILES string of the molecule is CC(C)OO.N. The molecule has 0 aliphatic rings. The molecule has 0 saturated heterocycles. The van der Waals surface area contributed by atoms with Gasteiger partial charge in [-0.15, -0.1) is 0 Å². The lowest BCUT2D eigenvalue weighted by molar-refractivity contribution is -0.269. The van der Waals surface area contributed by atoms with Crippen molar-refractivity contribution in [3.05, 3.63) is 0 Å². The van der Waals surface area contributed by atoms with Gasteiger partial charge in [0, 0.05) is 0 Å². The fourth-order valence-corrected chi connectivity index (χ4v) is 0. The highest BCUT2D eigenvalue weighted by molar-refractivity contribution is 4.24. The van der Waals surface area contributed by atoms with Gasteiger partial charge in [-0.1, -0.05) is 0 Å². The van der Waals surface area contributed by atoms with Crippen LogP contribution < -0.4 is 6.15 Å². The molecule has 0 aromatic carbocycles. The van der Waals surface area contributed by atoms with E-state index in [1.54, 1.807) is 13.8 Å². The first-order chi connectivity index (χ1) is 2.27. The maximum Gasteiger partial charge on any atom is 0.0871 e. The molecule has 3 heteroatoms. The van der Waals surface area contributed by atoms with E-state index in [9.17, 15) is 0 Å². The number of hydrogen-bond donors (Lipinski definition) is 2. The number of rotatable bonds is 1. The van der Waals surface area contributed by atoms with Crippen LogP contribution in [0.2, 0.25) is 0 Å². The normalized spacial score (nSPS) is 8.00. The van der Waals surface area contributed by atoms with Gasteiger partial charge in [0.25, 0.3) is 0 Å². The molecular formula is C3H11NO2. The predicted octanol–water partition coefficient (Wildman–Crippen LogP) is 1.05. The molecule has 40 valence electrons. The fourth-order valence-electron chi connectivity index (χ4n) is 0. The minimum Gasteiger partial charge on any atom is -0.344 e. The van der Waals surface area contributed by atoms with Crippen LogP contribution in [0.1, 0.15) is 13.8 Å². The van der Waals surface area contributed by atoms with E-state index in [0.29, 0.717) is 0 Å². The molecule has 0 spiro atoms. The van der Waals surface area contributed by atoms with Gasteiger partial charge in [0.2, 0.25) is 0 Å². The molecule has 0 unspecified atom stereocenters. The van der Waals surface area contributed by atoms with E-state index in [0.717, 1.165) is 0 Å². The highest BCUT2D eigenvalue weighted by Gasteiger charge is 1.81. The molecule has 0 bridgehead atoms. The minimum absolute atomic E-state index is 0. The summed E-state index contributed by atoms with van der Waals surface area (Å²) < 4.78 is 0. The van der Waals surface area contributed by atoms with Gasteiger partial charge in [-0.05, 0) is 13.8 Å². The quantitative estimate of drug-likeness (QED) is 0.376. The van der Waals surface area contributed by atoms with Crippen LogP contribution in [0.3, 0.4) is 0 Å². The second kappa shape index (κ2) is 4.88. The molecule has 0 heterocycles. The van der Waals surface area contributed by atoms with E-state index < -0.39 is 0 Å². The third-order valence-electron chi connectivity index (χ3n) is 0.211. The predicted molar refractivity (Wildman–Crippen MR) is 23.9 cm³/mol. The Labute approximate surface area is 37.4 Å². The van der Waals surface area contributed by atoms with E-state index >= 15 is 0 Å². The Morgan fingerprint density at radius 3 is 1.67 bits per heavy atom. The third-order valence-corrected chi connectivity index (χ3v) is 0.211. The Morgan fingerprint density at radius 2 is 1.67 bits per heavy atom. The van der Waals surface area contributed by atoms with Gasteiger partial charge < -0.3 is 6.15 Å². The minimum atomic E-state index is -0.0602. The van der Waals surface area contributed by atoms with Crippen LogP contribution in [0.5, 0.6) is 0 Å². The molecule has 4 N–H and O–H groups in total. The molecule has 0 radical (unpaired) electrons. The summed E-state index contributed by atoms with van der Waals surface area (Å²) in [4.78, 5) is 3.75. The van der Waals surface area contributed by atoms with Gasteiger partial charge >= 0.3 is 0 Å². The van der Waals surface area contributed by atoms with Gasteiger partial charge in [0.05, 0.1) is 6.10 Å². The van der Waals surface area contributed by atoms with Gasteiger partial charge in [-0.25, -0.2) is 4.89 Å². The lowest BCUT2D eigenvalue weighted by Crippen LogP contribution is -1.95. The molecule has 3 nitrogen and oxygen atoms in total. The smallest absolute Gasteiger partial charge is 0.0871 e. The third kappa shape index (κ3) is 9.11. The Kier molecular flexibility index (Phi) is 7.57. The van der Waals surface area contributed by atoms with Crippen molar-refractivity contribution in [3.63, 3.8) is 0 Å². The van der Waals surface area contributed by atoms with Crippen LogP contribution in [0.4, 0.5) is 0 Å². The maximum atomic E-state index is 7.64. The van der Waals surface area contributed by atoms with Crippen molar-refractivity contribution in [3.8, 4) is 0 Å². The van der Waals surface area contributed by atoms with Crippen molar-refractivity contribution in [2.75, 3.05) is 0 Å². The summed E-state index contributed by atoms with van der Waals surface area (Å²) in [5.74, 6) is 0. The summed E-state index contributed by atoms with van der Waals surface area (Å²) in [6.45, 7) is 3.50. The van der Waals surface area contributed by atoms with Crippen molar-refractivity contribution < 1.29 is 10.1 Å². The summed E-state index contributed by atoms with van der Waals surface area (Å²) in [6, 6.07) is 0. The highest BCUT2D eigenvalue weighted by Crippen LogP contribution is 1.77. The van der Waals surface area contributed by atoms with Crippen molar-refractivity contribution in [2.24, 2.45) is 0 Å². The molecule has 0 aliphatic carbocycles. The van der Waals surface area contributed by atoms with Crippen molar-refractivity contribution >= 4 is 0 Å². The van der Waals surface area contributed by atoms with E-state index in [2.05, 4.69) is 4.89 Å². The summed E-state index contributed by atoms with van der Waals surface area (Å²) in [5.41, 5.74) is 0. The Balaban J connectivity index is 0. The first kappa shape index (κ1) is 9.30. The van der Waals surface area contributed by atoms with Crippen molar-refractivity contribution in [1.29, 1.82) is 0 Å². The van der Waals surface area contributed by atoms with E-state index in [-0.39, 0.29) is 12.3 Å². The Morgan fingerprint density at radius 1 is 1.50 bits per heavy atom. The molecule has 0 atom stereocenters. The molecule has 0 aromatic rings.